The molecule has 0 aromatic heterocycles. The molecule has 0 aliphatic carbocycles. The Balaban J connectivity index is 3.05. The highest BCUT2D eigenvalue weighted by Gasteiger charge is 2.13. The number of hydrogen-bond acceptors (Lipinski definition) is 3. The van der Waals surface area contributed by atoms with Gasteiger partial charge in [0.05, 0.1) is 14.2 Å². The van der Waals surface area contributed by atoms with E-state index >= 15 is 0 Å². The third-order valence-corrected chi connectivity index (χ3v) is 2.24. The van der Waals surface area contributed by atoms with Crippen molar-refractivity contribution < 1.29 is 13.9 Å². The van der Waals surface area contributed by atoms with E-state index in [-0.39, 0.29) is 11.6 Å². The van der Waals surface area contributed by atoms with Gasteiger partial charge in [0.25, 0.3) is 0 Å². The van der Waals surface area contributed by atoms with Crippen LogP contribution in [0.25, 0.3) is 0 Å². The first-order valence-corrected chi connectivity index (χ1v) is 4.84. The lowest BCUT2D eigenvalue weighted by atomic mass is 10.1. The van der Waals surface area contributed by atoms with Crippen molar-refractivity contribution in [3.8, 4) is 11.5 Å². The largest absolute Gasteiger partial charge is 0.496 e. The maximum absolute atomic E-state index is 13.8. The van der Waals surface area contributed by atoms with Crippen LogP contribution in [0.4, 0.5) is 4.39 Å². The predicted molar refractivity (Wildman–Crippen MR) is 56.9 cm³/mol. The summed E-state index contributed by atoms with van der Waals surface area (Å²) in [5, 5.41) is 0. The standard InChI is InChI=1S/C11H16FNO2/c1-14-9-5-6-10(15-2)11(12)8(9)4-3-7-13/h5-6H,3-4,7,13H2,1-2H3. The quantitative estimate of drug-likeness (QED) is 0.810. The highest BCUT2D eigenvalue weighted by molar-refractivity contribution is 5.42. The molecule has 1 rings (SSSR count). The molecule has 0 spiro atoms. The molecule has 0 unspecified atom stereocenters. The summed E-state index contributed by atoms with van der Waals surface area (Å²) in [7, 11) is 2.96. The SMILES string of the molecule is COc1ccc(OC)c(CCCN)c1F. The van der Waals surface area contributed by atoms with E-state index in [0.717, 1.165) is 6.42 Å². The van der Waals surface area contributed by atoms with E-state index in [9.17, 15) is 4.39 Å². The zero-order chi connectivity index (χ0) is 11.3. The van der Waals surface area contributed by atoms with E-state index in [4.69, 9.17) is 15.2 Å². The van der Waals surface area contributed by atoms with Gasteiger partial charge in [-0.05, 0) is 31.5 Å². The molecule has 0 amide bonds. The van der Waals surface area contributed by atoms with Crippen molar-refractivity contribution in [2.24, 2.45) is 5.73 Å². The van der Waals surface area contributed by atoms with Crippen molar-refractivity contribution in [2.45, 2.75) is 12.8 Å². The van der Waals surface area contributed by atoms with Gasteiger partial charge in [-0.3, -0.25) is 0 Å². The van der Waals surface area contributed by atoms with Crippen molar-refractivity contribution in [2.75, 3.05) is 20.8 Å². The molecule has 0 atom stereocenters. The highest BCUT2D eigenvalue weighted by Crippen LogP contribution is 2.29. The molecule has 0 fully saturated rings. The van der Waals surface area contributed by atoms with E-state index in [0.29, 0.717) is 24.3 Å². The molecule has 2 N–H and O–H groups in total. The van der Waals surface area contributed by atoms with Gasteiger partial charge in [-0.2, -0.15) is 0 Å². The molecule has 4 heteroatoms. The van der Waals surface area contributed by atoms with Crippen LogP contribution in [0.1, 0.15) is 12.0 Å². The van der Waals surface area contributed by atoms with Crippen LogP contribution in [0.15, 0.2) is 12.1 Å². The second kappa shape index (κ2) is 5.56. The van der Waals surface area contributed by atoms with Crippen LogP contribution in [0.3, 0.4) is 0 Å². The Labute approximate surface area is 89.0 Å². The second-order valence-corrected chi connectivity index (χ2v) is 3.15. The molecule has 0 aliphatic heterocycles. The Kier molecular flexibility index (Phi) is 4.37. The van der Waals surface area contributed by atoms with Gasteiger partial charge in [0, 0.05) is 5.56 Å². The summed E-state index contributed by atoms with van der Waals surface area (Å²) >= 11 is 0. The number of methoxy groups -OCH3 is 2. The van der Waals surface area contributed by atoms with Gasteiger partial charge in [0.2, 0.25) is 0 Å². The minimum Gasteiger partial charge on any atom is -0.496 e. The summed E-state index contributed by atoms with van der Waals surface area (Å²) in [5.41, 5.74) is 5.92. The third kappa shape index (κ3) is 2.59. The van der Waals surface area contributed by atoms with E-state index in [1.54, 1.807) is 12.1 Å². The van der Waals surface area contributed by atoms with Crippen LogP contribution in [0.5, 0.6) is 11.5 Å². The van der Waals surface area contributed by atoms with Crippen molar-refractivity contribution in [3.63, 3.8) is 0 Å². The van der Waals surface area contributed by atoms with Crippen molar-refractivity contribution in [1.82, 2.24) is 0 Å². The monoisotopic (exact) mass is 213 g/mol. The lowest BCUT2D eigenvalue weighted by Crippen LogP contribution is -2.04. The number of ether oxygens (including phenoxy) is 2. The summed E-state index contributed by atoms with van der Waals surface area (Å²) < 4.78 is 23.8. The van der Waals surface area contributed by atoms with Crippen LogP contribution in [0, 0.1) is 5.82 Å². The first-order valence-electron chi connectivity index (χ1n) is 4.84. The van der Waals surface area contributed by atoms with Gasteiger partial charge in [-0.1, -0.05) is 0 Å². The molecule has 84 valence electrons. The number of benzene rings is 1. The first-order chi connectivity index (χ1) is 7.24. The lowest BCUT2D eigenvalue weighted by molar-refractivity contribution is 0.371. The van der Waals surface area contributed by atoms with Gasteiger partial charge in [-0.15, -0.1) is 0 Å². The fraction of sp³-hybridized carbons (Fsp3) is 0.455. The zero-order valence-corrected chi connectivity index (χ0v) is 9.05. The van der Waals surface area contributed by atoms with E-state index in [1.165, 1.54) is 14.2 Å². The molecule has 0 heterocycles. The summed E-state index contributed by atoms with van der Waals surface area (Å²) in [6.45, 7) is 0.528. The number of halogens is 1. The van der Waals surface area contributed by atoms with Crippen LogP contribution >= 0.6 is 0 Å². The molecular weight excluding hydrogens is 197 g/mol. The van der Waals surface area contributed by atoms with Gasteiger partial charge >= 0.3 is 0 Å². The smallest absolute Gasteiger partial charge is 0.171 e. The molecule has 1 aromatic carbocycles. The van der Waals surface area contributed by atoms with Gasteiger partial charge < -0.3 is 15.2 Å². The number of rotatable bonds is 5. The van der Waals surface area contributed by atoms with Gasteiger partial charge in [-0.25, -0.2) is 4.39 Å². The molecule has 1 aromatic rings. The molecular formula is C11H16FNO2. The van der Waals surface area contributed by atoms with Crippen molar-refractivity contribution in [3.05, 3.63) is 23.5 Å². The minimum absolute atomic E-state index is 0.239. The Hall–Kier alpha value is -1.29. The molecule has 0 aliphatic rings. The summed E-state index contributed by atoms with van der Waals surface area (Å²) in [6.07, 6.45) is 1.28. The first kappa shape index (κ1) is 11.8. The van der Waals surface area contributed by atoms with E-state index < -0.39 is 0 Å². The number of hydrogen-bond donors (Lipinski definition) is 1. The Morgan fingerprint density at radius 3 is 2.33 bits per heavy atom. The van der Waals surface area contributed by atoms with E-state index in [1.807, 2.05) is 0 Å². The van der Waals surface area contributed by atoms with Crippen molar-refractivity contribution in [1.29, 1.82) is 0 Å². The topological polar surface area (TPSA) is 44.5 Å². The average molecular weight is 213 g/mol. The Morgan fingerprint density at radius 2 is 1.80 bits per heavy atom. The fourth-order valence-corrected chi connectivity index (χ4v) is 1.44. The maximum Gasteiger partial charge on any atom is 0.171 e. The Morgan fingerprint density at radius 1 is 1.20 bits per heavy atom. The molecule has 0 bridgehead atoms. The molecule has 3 nitrogen and oxygen atoms in total. The average Bonchev–Trinajstić information content (AvgIpc) is 2.27. The van der Waals surface area contributed by atoms with Gasteiger partial charge in [0.1, 0.15) is 5.75 Å². The third-order valence-electron chi connectivity index (χ3n) is 2.24. The van der Waals surface area contributed by atoms with Crippen LogP contribution < -0.4 is 15.2 Å². The van der Waals surface area contributed by atoms with Crippen LogP contribution in [-0.2, 0) is 6.42 Å². The summed E-state index contributed by atoms with van der Waals surface area (Å²) in [4.78, 5) is 0. The zero-order valence-electron chi connectivity index (χ0n) is 9.05. The van der Waals surface area contributed by atoms with Crippen molar-refractivity contribution >= 4 is 0 Å². The van der Waals surface area contributed by atoms with Crippen LogP contribution in [-0.4, -0.2) is 20.8 Å². The summed E-state index contributed by atoms with van der Waals surface area (Å²) in [6, 6.07) is 3.26. The van der Waals surface area contributed by atoms with Gasteiger partial charge in [0.15, 0.2) is 11.6 Å². The predicted octanol–water partition coefficient (Wildman–Crippen LogP) is 1.73. The van der Waals surface area contributed by atoms with Crippen LogP contribution in [0.2, 0.25) is 0 Å². The maximum atomic E-state index is 13.8. The fourth-order valence-electron chi connectivity index (χ4n) is 1.44. The molecule has 0 radical (unpaired) electrons. The normalized spacial score (nSPS) is 10.1. The van der Waals surface area contributed by atoms with E-state index in [2.05, 4.69) is 0 Å². The minimum atomic E-state index is -0.356. The molecule has 0 saturated carbocycles. The molecule has 15 heavy (non-hydrogen) atoms. The second-order valence-electron chi connectivity index (χ2n) is 3.15. The summed E-state index contributed by atoms with van der Waals surface area (Å²) in [5.74, 6) is 0.426. The highest BCUT2D eigenvalue weighted by atomic mass is 19.1. The molecule has 0 saturated heterocycles. The number of nitrogens with two attached hydrogens (primary N) is 1. The lowest BCUT2D eigenvalue weighted by Gasteiger charge is -2.11. The Bertz CT molecular complexity index is 329.